The summed E-state index contributed by atoms with van der Waals surface area (Å²) in [5.74, 6) is -1.07. The SMILES string of the molecule is COC(=O)C1(C(=O)OC)CC2=C(C)C(=O)[C@H]3CCC[C@@H]1[C@@H]23. The minimum Gasteiger partial charge on any atom is -0.468 e. The molecule has 0 saturated heterocycles. The van der Waals surface area contributed by atoms with Gasteiger partial charge >= 0.3 is 11.9 Å². The Balaban J connectivity index is 2.14. The van der Waals surface area contributed by atoms with E-state index in [2.05, 4.69) is 0 Å². The Labute approximate surface area is 123 Å². The van der Waals surface area contributed by atoms with Gasteiger partial charge in [0, 0.05) is 5.92 Å². The first-order valence-corrected chi connectivity index (χ1v) is 7.39. The van der Waals surface area contributed by atoms with Gasteiger partial charge in [-0.25, -0.2) is 0 Å². The molecule has 0 aromatic carbocycles. The summed E-state index contributed by atoms with van der Waals surface area (Å²) in [6.45, 7) is 1.82. The van der Waals surface area contributed by atoms with Crippen LogP contribution < -0.4 is 0 Å². The van der Waals surface area contributed by atoms with Crippen molar-refractivity contribution in [1.29, 1.82) is 0 Å². The summed E-state index contributed by atoms with van der Waals surface area (Å²) in [6.07, 6.45) is 2.73. The molecule has 0 unspecified atom stereocenters. The first-order chi connectivity index (χ1) is 9.98. The first-order valence-electron chi connectivity index (χ1n) is 7.39. The fourth-order valence-electron chi connectivity index (χ4n) is 4.79. The topological polar surface area (TPSA) is 69.7 Å². The molecule has 0 aliphatic heterocycles. The summed E-state index contributed by atoms with van der Waals surface area (Å²) < 4.78 is 9.86. The van der Waals surface area contributed by atoms with Crippen LogP contribution >= 0.6 is 0 Å². The van der Waals surface area contributed by atoms with Crippen LogP contribution in [0.25, 0.3) is 0 Å². The highest BCUT2D eigenvalue weighted by atomic mass is 16.5. The van der Waals surface area contributed by atoms with E-state index in [9.17, 15) is 14.4 Å². The third-order valence-electron chi connectivity index (χ3n) is 5.69. The van der Waals surface area contributed by atoms with Crippen LogP contribution in [0.3, 0.4) is 0 Å². The average molecular weight is 292 g/mol. The van der Waals surface area contributed by atoms with Crippen molar-refractivity contribution < 1.29 is 23.9 Å². The fraction of sp³-hybridized carbons (Fsp3) is 0.688. The summed E-state index contributed by atoms with van der Waals surface area (Å²) in [6, 6.07) is 0. The molecular formula is C16H20O5. The Bertz CT molecular complexity index is 543. The zero-order chi connectivity index (χ0) is 15.4. The van der Waals surface area contributed by atoms with E-state index in [0.717, 1.165) is 30.4 Å². The van der Waals surface area contributed by atoms with E-state index in [4.69, 9.17) is 9.47 Å². The molecule has 5 heteroatoms. The molecule has 3 rings (SSSR count). The normalized spacial score (nSPS) is 32.9. The number of carbonyl (C=O) groups excluding carboxylic acids is 3. The number of ether oxygens (including phenoxy) is 2. The maximum absolute atomic E-state index is 12.4. The molecule has 0 amide bonds. The molecule has 0 bridgehead atoms. The minimum absolute atomic E-state index is 0.0180. The largest absolute Gasteiger partial charge is 0.468 e. The second kappa shape index (κ2) is 4.68. The van der Waals surface area contributed by atoms with Crippen molar-refractivity contribution in [3.63, 3.8) is 0 Å². The standard InChI is InChI=1S/C16H20O5/c1-8-10-7-16(14(18)20-2,15(19)21-3)11-6-4-5-9(12(10)11)13(8)17/h9,11-12H,4-7H2,1-3H3/t9-,11+,12+/m0/s1. The van der Waals surface area contributed by atoms with E-state index in [1.165, 1.54) is 14.2 Å². The van der Waals surface area contributed by atoms with Crippen molar-refractivity contribution in [1.82, 2.24) is 0 Å². The molecule has 2 saturated carbocycles. The molecule has 2 fully saturated rings. The van der Waals surface area contributed by atoms with Crippen LogP contribution in [0.5, 0.6) is 0 Å². The highest BCUT2D eigenvalue weighted by Crippen LogP contribution is 2.62. The molecule has 0 aromatic heterocycles. The Morgan fingerprint density at radius 1 is 1.14 bits per heavy atom. The van der Waals surface area contributed by atoms with Crippen molar-refractivity contribution in [2.75, 3.05) is 14.2 Å². The zero-order valence-electron chi connectivity index (χ0n) is 12.6. The van der Waals surface area contributed by atoms with Gasteiger partial charge in [-0.05, 0) is 43.6 Å². The number of esters is 2. The van der Waals surface area contributed by atoms with Gasteiger partial charge in [0.25, 0.3) is 0 Å². The number of hydrogen-bond acceptors (Lipinski definition) is 5. The number of allylic oxidation sites excluding steroid dienone is 2. The van der Waals surface area contributed by atoms with Gasteiger partial charge in [0.1, 0.15) is 0 Å². The molecule has 3 atom stereocenters. The Kier molecular flexibility index (Phi) is 3.19. The maximum atomic E-state index is 12.4. The molecule has 5 nitrogen and oxygen atoms in total. The van der Waals surface area contributed by atoms with Gasteiger partial charge in [-0.3, -0.25) is 14.4 Å². The van der Waals surface area contributed by atoms with Crippen LogP contribution in [0, 0.1) is 23.2 Å². The summed E-state index contributed by atoms with van der Waals surface area (Å²) in [4.78, 5) is 37.2. The summed E-state index contributed by atoms with van der Waals surface area (Å²) in [7, 11) is 2.60. The quantitative estimate of drug-likeness (QED) is 0.572. The van der Waals surface area contributed by atoms with Crippen LogP contribution in [-0.4, -0.2) is 31.9 Å². The summed E-state index contributed by atoms with van der Waals surface area (Å²) in [5, 5.41) is 0. The molecule has 0 aromatic rings. The molecule has 0 radical (unpaired) electrons. The predicted molar refractivity (Wildman–Crippen MR) is 73.1 cm³/mol. The lowest BCUT2D eigenvalue weighted by atomic mass is 9.65. The van der Waals surface area contributed by atoms with Crippen LogP contribution in [-0.2, 0) is 23.9 Å². The van der Waals surface area contributed by atoms with E-state index in [1.807, 2.05) is 6.92 Å². The van der Waals surface area contributed by atoms with Gasteiger partial charge in [-0.2, -0.15) is 0 Å². The van der Waals surface area contributed by atoms with Crippen molar-refractivity contribution >= 4 is 17.7 Å². The molecule has 3 aliphatic carbocycles. The van der Waals surface area contributed by atoms with Crippen molar-refractivity contribution in [2.45, 2.75) is 32.6 Å². The average Bonchev–Trinajstić information content (AvgIpc) is 2.98. The summed E-state index contributed by atoms with van der Waals surface area (Å²) in [5.41, 5.74) is 0.460. The third-order valence-corrected chi connectivity index (χ3v) is 5.69. The van der Waals surface area contributed by atoms with Crippen molar-refractivity contribution in [3.05, 3.63) is 11.1 Å². The minimum atomic E-state index is -1.26. The number of methoxy groups -OCH3 is 2. The maximum Gasteiger partial charge on any atom is 0.323 e. The Morgan fingerprint density at radius 3 is 2.33 bits per heavy atom. The molecule has 21 heavy (non-hydrogen) atoms. The van der Waals surface area contributed by atoms with E-state index >= 15 is 0 Å². The molecule has 0 spiro atoms. The van der Waals surface area contributed by atoms with Crippen LogP contribution in [0.2, 0.25) is 0 Å². The lowest BCUT2D eigenvalue weighted by Crippen LogP contribution is -2.47. The van der Waals surface area contributed by atoms with Crippen LogP contribution in [0.4, 0.5) is 0 Å². The van der Waals surface area contributed by atoms with Gasteiger partial charge in [0.15, 0.2) is 11.2 Å². The smallest absolute Gasteiger partial charge is 0.323 e. The molecular weight excluding hydrogens is 272 g/mol. The number of carbonyl (C=O) groups is 3. The second-order valence-electron chi connectivity index (χ2n) is 6.32. The Hall–Kier alpha value is -1.65. The molecule has 3 aliphatic rings. The van der Waals surface area contributed by atoms with Gasteiger partial charge in [0.05, 0.1) is 14.2 Å². The highest BCUT2D eigenvalue weighted by molar-refractivity contribution is 6.05. The molecule has 114 valence electrons. The van der Waals surface area contributed by atoms with Gasteiger partial charge < -0.3 is 9.47 Å². The van der Waals surface area contributed by atoms with E-state index in [-0.39, 0.29) is 30.0 Å². The zero-order valence-corrected chi connectivity index (χ0v) is 12.6. The van der Waals surface area contributed by atoms with Crippen LogP contribution in [0.15, 0.2) is 11.1 Å². The van der Waals surface area contributed by atoms with E-state index in [1.54, 1.807) is 0 Å². The predicted octanol–water partition coefficient (Wildman–Crippen LogP) is 1.65. The van der Waals surface area contributed by atoms with Gasteiger partial charge in [0.2, 0.25) is 0 Å². The molecule has 0 N–H and O–H groups in total. The number of ketones is 1. The highest BCUT2D eigenvalue weighted by Gasteiger charge is 2.66. The van der Waals surface area contributed by atoms with Gasteiger partial charge in [-0.15, -0.1) is 0 Å². The lowest BCUT2D eigenvalue weighted by molar-refractivity contribution is -0.174. The summed E-state index contributed by atoms with van der Waals surface area (Å²) >= 11 is 0. The van der Waals surface area contributed by atoms with Gasteiger partial charge in [-0.1, -0.05) is 12.0 Å². The number of hydrogen-bond donors (Lipinski definition) is 0. The number of rotatable bonds is 2. The fourth-order valence-corrected chi connectivity index (χ4v) is 4.79. The number of Topliss-reactive ketones (excluding diaryl/α,β-unsaturated/α-hetero) is 1. The molecule has 0 heterocycles. The van der Waals surface area contributed by atoms with Crippen molar-refractivity contribution in [2.24, 2.45) is 23.2 Å². The third kappa shape index (κ3) is 1.60. The first kappa shape index (κ1) is 14.3. The van der Waals surface area contributed by atoms with E-state index < -0.39 is 17.4 Å². The lowest BCUT2D eigenvalue weighted by Gasteiger charge is -2.37. The van der Waals surface area contributed by atoms with Crippen molar-refractivity contribution in [3.8, 4) is 0 Å². The monoisotopic (exact) mass is 292 g/mol. The Morgan fingerprint density at radius 2 is 1.76 bits per heavy atom. The van der Waals surface area contributed by atoms with Crippen LogP contribution in [0.1, 0.15) is 32.6 Å². The van der Waals surface area contributed by atoms with E-state index in [0.29, 0.717) is 0 Å². The second-order valence-corrected chi connectivity index (χ2v) is 6.32.